The van der Waals surface area contributed by atoms with Crippen molar-refractivity contribution in [2.75, 3.05) is 26.7 Å². The minimum absolute atomic E-state index is 0. The molecule has 1 saturated carbocycles. The fraction of sp³-hybridized carbons (Fsp3) is 0.857. The maximum atomic E-state index is 12.1. The molecular formula is C14H26ClN3O2. The van der Waals surface area contributed by atoms with E-state index in [4.69, 9.17) is 0 Å². The van der Waals surface area contributed by atoms with Crippen molar-refractivity contribution in [1.82, 2.24) is 15.5 Å². The second-order valence-electron chi connectivity index (χ2n) is 5.61. The smallest absolute Gasteiger partial charge is 0.223 e. The van der Waals surface area contributed by atoms with Gasteiger partial charge in [-0.05, 0) is 39.2 Å². The molecule has 1 heterocycles. The van der Waals surface area contributed by atoms with Crippen LogP contribution in [0.25, 0.3) is 0 Å². The molecule has 5 nitrogen and oxygen atoms in total. The fourth-order valence-electron chi connectivity index (χ4n) is 2.70. The summed E-state index contributed by atoms with van der Waals surface area (Å²) in [6.45, 7) is 2.40. The summed E-state index contributed by atoms with van der Waals surface area (Å²) in [7, 11) is 1.92. The van der Waals surface area contributed by atoms with Gasteiger partial charge in [0.05, 0.1) is 0 Å². The zero-order valence-corrected chi connectivity index (χ0v) is 13.0. The van der Waals surface area contributed by atoms with Crippen LogP contribution in [0.15, 0.2) is 0 Å². The van der Waals surface area contributed by atoms with Gasteiger partial charge in [-0.25, -0.2) is 0 Å². The molecule has 1 atom stereocenters. The lowest BCUT2D eigenvalue weighted by Crippen LogP contribution is -2.41. The van der Waals surface area contributed by atoms with Crippen LogP contribution >= 0.6 is 12.4 Å². The lowest BCUT2D eigenvalue weighted by atomic mass is 10.2. The van der Waals surface area contributed by atoms with Gasteiger partial charge in [0.25, 0.3) is 0 Å². The van der Waals surface area contributed by atoms with Crippen LogP contribution in [-0.4, -0.2) is 49.4 Å². The summed E-state index contributed by atoms with van der Waals surface area (Å²) in [6, 6.07) is 0.360. The standard InChI is InChI=1S/C14H25N3O2.ClH/c1-15-10-12-4-3-9-17(12)13(18)5-2-8-16-14(19)11-6-7-11;/h11-12,15H,2-10H2,1H3,(H,16,19);1H. The normalized spacial score (nSPS) is 21.4. The molecule has 116 valence electrons. The molecule has 1 aliphatic carbocycles. The lowest BCUT2D eigenvalue weighted by molar-refractivity contribution is -0.132. The van der Waals surface area contributed by atoms with Gasteiger partial charge in [-0.2, -0.15) is 0 Å². The SMILES string of the molecule is CNCC1CCCN1C(=O)CCCNC(=O)C1CC1.Cl. The molecular weight excluding hydrogens is 278 g/mol. The van der Waals surface area contributed by atoms with Gasteiger partial charge in [0.2, 0.25) is 11.8 Å². The van der Waals surface area contributed by atoms with Crippen molar-refractivity contribution in [2.24, 2.45) is 5.92 Å². The van der Waals surface area contributed by atoms with E-state index in [9.17, 15) is 9.59 Å². The summed E-state index contributed by atoms with van der Waals surface area (Å²) in [4.78, 5) is 25.5. The van der Waals surface area contributed by atoms with Crippen molar-refractivity contribution in [2.45, 2.75) is 44.6 Å². The molecule has 2 rings (SSSR count). The molecule has 6 heteroatoms. The number of carbonyl (C=O) groups is 2. The second kappa shape index (κ2) is 8.47. The third-order valence-corrected chi connectivity index (χ3v) is 3.95. The summed E-state index contributed by atoms with van der Waals surface area (Å²) in [5.74, 6) is 0.661. The predicted molar refractivity (Wildman–Crippen MR) is 80.9 cm³/mol. The summed E-state index contributed by atoms with van der Waals surface area (Å²) in [5, 5.41) is 6.05. The van der Waals surface area contributed by atoms with Crippen molar-refractivity contribution in [3.05, 3.63) is 0 Å². The summed E-state index contributed by atoms with van der Waals surface area (Å²) in [5.41, 5.74) is 0. The van der Waals surface area contributed by atoms with Crippen LogP contribution in [0.5, 0.6) is 0 Å². The quantitative estimate of drug-likeness (QED) is 0.688. The molecule has 2 fully saturated rings. The first-order valence-electron chi connectivity index (χ1n) is 7.44. The maximum absolute atomic E-state index is 12.1. The Balaban J connectivity index is 0.00000200. The number of nitrogens with one attached hydrogen (secondary N) is 2. The predicted octanol–water partition coefficient (Wildman–Crippen LogP) is 0.925. The number of likely N-dealkylation sites (N-methyl/N-ethyl adjacent to an activating group) is 1. The largest absolute Gasteiger partial charge is 0.356 e. The monoisotopic (exact) mass is 303 g/mol. The number of amides is 2. The van der Waals surface area contributed by atoms with Crippen molar-refractivity contribution < 1.29 is 9.59 Å². The first-order valence-corrected chi connectivity index (χ1v) is 7.44. The van der Waals surface area contributed by atoms with Crippen LogP contribution in [0.2, 0.25) is 0 Å². The van der Waals surface area contributed by atoms with Crippen LogP contribution in [0.4, 0.5) is 0 Å². The molecule has 0 radical (unpaired) electrons. The molecule has 0 bridgehead atoms. The molecule has 0 aromatic rings. The Morgan fingerprint density at radius 2 is 2.00 bits per heavy atom. The number of likely N-dealkylation sites (tertiary alicyclic amines) is 1. The van der Waals surface area contributed by atoms with Gasteiger partial charge < -0.3 is 15.5 Å². The molecule has 0 aromatic heterocycles. The van der Waals surface area contributed by atoms with E-state index >= 15 is 0 Å². The van der Waals surface area contributed by atoms with Crippen molar-refractivity contribution >= 4 is 24.2 Å². The Hall–Kier alpha value is -0.810. The average molecular weight is 304 g/mol. The number of halogens is 1. The zero-order valence-electron chi connectivity index (χ0n) is 12.2. The second-order valence-corrected chi connectivity index (χ2v) is 5.61. The highest BCUT2D eigenvalue weighted by Gasteiger charge is 2.29. The lowest BCUT2D eigenvalue weighted by Gasteiger charge is -2.24. The number of rotatable bonds is 7. The minimum Gasteiger partial charge on any atom is -0.356 e. The Morgan fingerprint density at radius 3 is 2.65 bits per heavy atom. The molecule has 2 aliphatic rings. The molecule has 20 heavy (non-hydrogen) atoms. The Morgan fingerprint density at radius 1 is 1.25 bits per heavy atom. The Kier molecular flexibility index (Phi) is 7.30. The summed E-state index contributed by atoms with van der Waals surface area (Å²) < 4.78 is 0. The first kappa shape index (κ1) is 17.2. The molecule has 2 amide bonds. The van der Waals surface area contributed by atoms with Crippen LogP contribution in [0.1, 0.15) is 38.5 Å². The third kappa shape index (κ3) is 4.94. The van der Waals surface area contributed by atoms with E-state index in [1.165, 1.54) is 0 Å². The molecule has 1 unspecified atom stereocenters. The number of nitrogens with zero attached hydrogens (tertiary/aromatic N) is 1. The molecule has 0 aromatic carbocycles. The summed E-state index contributed by atoms with van der Waals surface area (Å²) >= 11 is 0. The highest BCUT2D eigenvalue weighted by molar-refractivity contribution is 5.85. The van der Waals surface area contributed by atoms with Crippen LogP contribution < -0.4 is 10.6 Å². The van der Waals surface area contributed by atoms with Gasteiger partial charge in [-0.1, -0.05) is 0 Å². The minimum atomic E-state index is 0. The van der Waals surface area contributed by atoms with E-state index in [2.05, 4.69) is 10.6 Å². The van der Waals surface area contributed by atoms with Gasteiger partial charge in [0, 0.05) is 38.0 Å². The van der Waals surface area contributed by atoms with Crippen LogP contribution in [0, 0.1) is 5.92 Å². The van der Waals surface area contributed by atoms with Gasteiger partial charge in [-0.15, -0.1) is 12.4 Å². The number of hydrogen-bond donors (Lipinski definition) is 2. The van der Waals surface area contributed by atoms with E-state index in [1.807, 2.05) is 11.9 Å². The van der Waals surface area contributed by atoms with E-state index < -0.39 is 0 Å². The van der Waals surface area contributed by atoms with Crippen molar-refractivity contribution in [3.8, 4) is 0 Å². The topological polar surface area (TPSA) is 61.4 Å². The Labute approximate surface area is 127 Å². The van der Waals surface area contributed by atoms with Gasteiger partial charge >= 0.3 is 0 Å². The van der Waals surface area contributed by atoms with E-state index in [0.29, 0.717) is 19.0 Å². The maximum Gasteiger partial charge on any atom is 0.223 e. The van der Waals surface area contributed by atoms with Crippen LogP contribution in [-0.2, 0) is 9.59 Å². The fourth-order valence-corrected chi connectivity index (χ4v) is 2.70. The number of carbonyl (C=O) groups excluding carboxylic acids is 2. The average Bonchev–Trinajstić information content (AvgIpc) is 3.15. The first-order chi connectivity index (χ1) is 9.22. The zero-order chi connectivity index (χ0) is 13.7. The molecule has 0 spiro atoms. The van der Waals surface area contributed by atoms with E-state index in [1.54, 1.807) is 0 Å². The van der Waals surface area contributed by atoms with Gasteiger partial charge in [0.1, 0.15) is 0 Å². The van der Waals surface area contributed by atoms with Gasteiger partial charge in [-0.3, -0.25) is 9.59 Å². The molecule has 1 aliphatic heterocycles. The molecule has 1 saturated heterocycles. The third-order valence-electron chi connectivity index (χ3n) is 3.95. The molecule has 2 N–H and O–H groups in total. The van der Waals surface area contributed by atoms with Gasteiger partial charge in [0.15, 0.2) is 0 Å². The highest BCUT2D eigenvalue weighted by atomic mass is 35.5. The Bertz CT molecular complexity index is 334. The highest BCUT2D eigenvalue weighted by Crippen LogP contribution is 2.28. The van der Waals surface area contributed by atoms with Crippen LogP contribution in [0.3, 0.4) is 0 Å². The van der Waals surface area contributed by atoms with E-state index in [-0.39, 0.29) is 30.1 Å². The van der Waals surface area contributed by atoms with Crippen molar-refractivity contribution in [1.29, 1.82) is 0 Å². The van der Waals surface area contributed by atoms with Crippen molar-refractivity contribution in [3.63, 3.8) is 0 Å². The summed E-state index contributed by atoms with van der Waals surface area (Å²) in [6.07, 6.45) is 5.57. The number of hydrogen-bond acceptors (Lipinski definition) is 3. The van der Waals surface area contributed by atoms with E-state index in [0.717, 1.165) is 45.2 Å².